The average molecular weight is 342 g/mol. The molecule has 6 heteroatoms. The van der Waals surface area contributed by atoms with E-state index in [1.165, 1.54) is 17.5 Å². The number of carbonyl (C=O) groups excluding carboxylic acids is 1. The van der Waals surface area contributed by atoms with E-state index < -0.39 is 0 Å². The number of piperidine rings is 2. The maximum absolute atomic E-state index is 12.9. The molecule has 4 rings (SSSR count). The van der Waals surface area contributed by atoms with Gasteiger partial charge in [0.15, 0.2) is 0 Å². The van der Waals surface area contributed by atoms with Gasteiger partial charge in [0.2, 0.25) is 0 Å². The van der Waals surface area contributed by atoms with Crippen LogP contribution < -0.4 is 11.0 Å². The number of nitrogens with one attached hydrogen (secondary N) is 1. The lowest BCUT2D eigenvalue weighted by molar-refractivity contribution is 0.0952. The second kappa shape index (κ2) is 7.04. The van der Waals surface area contributed by atoms with Crippen LogP contribution in [-0.4, -0.2) is 45.7 Å². The van der Waals surface area contributed by atoms with Crippen molar-refractivity contribution in [1.82, 2.24) is 19.4 Å². The molecule has 0 saturated carbocycles. The van der Waals surface area contributed by atoms with E-state index in [1.807, 2.05) is 31.2 Å². The van der Waals surface area contributed by atoms with Crippen LogP contribution in [-0.2, 0) is 6.54 Å². The number of hydrogen-bond donors (Lipinski definition) is 1. The predicted molar refractivity (Wildman–Crippen MR) is 98.7 cm³/mol. The summed E-state index contributed by atoms with van der Waals surface area (Å²) in [4.78, 5) is 28.0. The Bertz CT molecular complexity index is 822. The van der Waals surface area contributed by atoms with E-state index in [0.29, 0.717) is 18.0 Å². The van der Waals surface area contributed by atoms with E-state index in [4.69, 9.17) is 0 Å². The van der Waals surface area contributed by atoms with E-state index in [9.17, 15) is 9.59 Å². The summed E-state index contributed by atoms with van der Waals surface area (Å²) in [5.41, 5.74) is 1.24. The van der Waals surface area contributed by atoms with Crippen LogP contribution >= 0.6 is 0 Å². The van der Waals surface area contributed by atoms with Crippen molar-refractivity contribution in [2.45, 2.75) is 38.8 Å². The molecular formula is C19H26N4O2. The highest BCUT2D eigenvalue weighted by molar-refractivity contribution is 5.89. The van der Waals surface area contributed by atoms with Gasteiger partial charge in [0.05, 0.1) is 11.0 Å². The number of benzene rings is 1. The van der Waals surface area contributed by atoms with Crippen molar-refractivity contribution < 1.29 is 4.79 Å². The number of hydrogen-bond acceptors (Lipinski definition) is 3. The second-order valence-electron chi connectivity index (χ2n) is 6.90. The van der Waals surface area contributed by atoms with Crippen LogP contribution in [0.2, 0.25) is 0 Å². The highest BCUT2D eigenvalue weighted by Gasteiger charge is 2.33. The molecule has 2 aliphatic rings. The zero-order chi connectivity index (χ0) is 16.7. The van der Waals surface area contributed by atoms with E-state index in [2.05, 4.69) is 10.2 Å². The number of para-hydroxylation sites is 2. The van der Waals surface area contributed by atoms with Gasteiger partial charge in [-0.1, -0.05) is 19.6 Å². The molecule has 1 aromatic carbocycles. The summed E-state index contributed by atoms with van der Waals surface area (Å²) >= 11 is 0. The predicted octanol–water partition coefficient (Wildman–Crippen LogP) is 2.19. The highest BCUT2D eigenvalue weighted by atomic mass is 16.2. The summed E-state index contributed by atoms with van der Waals surface area (Å²) in [5.74, 6) is 0.506. The zero-order valence-corrected chi connectivity index (χ0v) is 14.8. The Morgan fingerprint density at radius 1 is 1.20 bits per heavy atom. The van der Waals surface area contributed by atoms with Gasteiger partial charge in [0.1, 0.15) is 0 Å². The molecule has 3 atom stereocenters. The van der Waals surface area contributed by atoms with E-state index in [0.717, 1.165) is 31.4 Å². The number of carbonyl (C=O) groups is 1. The third-order valence-electron chi connectivity index (χ3n) is 5.53. The zero-order valence-electron chi connectivity index (χ0n) is 14.8. The van der Waals surface area contributed by atoms with Crippen molar-refractivity contribution >= 4 is 17.1 Å². The maximum atomic E-state index is 12.9. The SMILES string of the molecule is CCn1c(=O)n(C(=O)NC2CCN3CCCC2C3)c2ccccc21.[CH2]. The molecule has 1 aromatic heterocycles. The second-order valence-corrected chi connectivity index (χ2v) is 6.90. The van der Waals surface area contributed by atoms with Gasteiger partial charge < -0.3 is 10.2 Å². The molecule has 2 bridgehead atoms. The Morgan fingerprint density at radius 2 is 1.96 bits per heavy atom. The molecular weight excluding hydrogens is 316 g/mol. The molecule has 2 saturated heterocycles. The van der Waals surface area contributed by atoms with Gasteiger partial charge in [-0.05, 0) is 50.8 Å². The average Bonchev–Trinajstić information content (AvgIpc) is 2.89. The third kappa shape index (κ3) is 2.99. The van der Waals surface area contributed by atoms with Crippen LogP contribution in [0.4, 0.5) is 4.79 Å². The fourth-order valence-electron chi connectivity index (χ4n) is 4.30. The molecule has 0 spiro atoms. The number of amides is 1. The monoisotopic (exact) mass is 342 g/mol. The molecule has 2 aliphatic heterocycles. The number of imidazole rings is 1. The minimum absolute atomic E-state index is 0. The molecule has 6 nitrogen and oxygen atoms in total. The Balaban J connectivity index is 0.00000182. The van der Waals surface area contributed by atoms with Gasteiger partial charge in [0.25, 0.3) is 0 Å². The Labute approximate surface area is 148 Å². The van der Waals surface area contributed by atoms with Crippen molar-refractivity contribution in [1.29, 1.82) is 0 Å². The summed E-state index contributed by atoms with van der Waals surface area (Å²) in [7, 11) is 0. The first kappa shape index (κ1) is 17.7. The lowest BCUT2D eigenvalue weighted by atomic mass is 9.85. The van der Waals surface area contributed by atoms with Gasteiger partial charge in [-0.25, -0.2) is 14.2 Å². The smallest absolute Gasteiger partial charge is 0.334 e. The Morgan fingerprint density at radius 3 is 2.72 bits per heavy atom. The number of aromatic nitrogens is 2. The summed E-state index contributed by atoms with van der Waals surface area (Å²) in [6, 6.07) is 7.38. The fraction of sp³-hybridized carbons (Fsp3) is 0.526. The lowest BCUT2D eigenvalue weighted by Crippen LogP contribution is -2.54. The molecule has 0 aliphatic carbocycles. The van der Waals surface area contributed by atoms with E-state index in [1.54, 1.807) is 4.57 Å². The van der Waals surface area contributed by atoms with Crippen LogP contribution in [0, 0.1) is 13.3 Å². The van der Waals surface area contributed by atoms with Crippen molar-refractivity contribution in [3.05, 3.63) is 42.2 Å². The van der Waals surface area contributed by atoms with Gasteiger partial charge in [-0.3, -0.25) is 4.57 Å². The topological polar surface area (TPSA) is 59.3 Å². The normalized spacial score (nSPS) is 25.4. The standard InChI is InChI=1S/C18H24N4O2.CH2/c1-2-21-15-7-3-4-8-16(15)22(18(21)24)17(23)19-14-9-11-20-10-5-6-13(14)12-20;/h3-4,7-8,13-14H,2,5-6,9-12H2,1H3,(H,19,23);1H2. The van der Waals surface area contributed by atoms with Crippen molar-refractivity contribution in [3.8, 4) is 0 Å². The summed E-state index contributed by atoms with van der Waals surface area (Å²) in [6.07, 6.45) is 3.33. The molecule has 2 aromatic rings. The molecule has 2 radical (unpaired) electrons. The van der Waals surface area contributed by atoms with Gasteiger partial charge in [-0.2, -0.15) is 0 Å². The number of rotatable bonds is 2. The van der Waals surface area contributed by atoms with Crippen LogP contribution in [0.15, 0.2) is 29.1 Å². The molecule has 25 heavy (non-hydrogen) atoms. The van der Waals surface area contributed by atoms with Gasteiger partial charge in [-0.15, -0.1) is 0 Å². The quantitative estimate of drug-likeness (QED) is 0.910. The molecule has 3 unspecified atom stereocenters. The molecule has 2 fully saturated rings. The first-order chi connectivity index (χ1) is 11.7. The molecule has 1 N–H and O–H groups in total. The van der Waals surface area contributed by atoms with Crippen LogP contribution in [0.1, 0.15) is 26.2 Å². The van der Waals surface area contributed by atoms with Crippen molar-refractivity contribution in [2.24, 2.45) is 5.92 Å². The van der Waals surface area contributed by atoms with Gasteiger partial charge >= 0.3 is 11.7 Å². The lowest BCUT2D eigenvalue weighted by Gasteiger charge is -2.42. The maximum Gasteiger partial charge on any atom is 0.337 e. The van der Waals surface area contributed by atoms with Crippen LogP contribution in [0.3, 0.4) is 0 Å². The minimum Gasteiger partial charge on any atom is -0.334 e. The minimum atomic E-state index is -0.285. The first-order valence-electron chi connectivity index (χ1n) is 8.92. The van der Waals surface area contributed by atoms with Crippen molar-refractivity contribution in [3.63, 3.8) is 0 Å². The highest BCUT2D eigenvalue weighted by Crippen LogP contribution is 2.26. The summed E-state index contributed by atoms with van der Waals surface area (Å²) in [6.45, 7) is 5.76. The van der Waals surface area contributed by atoms with E-state index >= 15 is 0 Å². The molecule has 3 heterocycles. The number of nitrogens with zero attached hydrogens (tertiary/aromatic N) is 3. The van der Waals surface area contributed by atoms with Crippen LogP contribution in [0.25, 0.3) is 11.0 Å². The number of fused-ring (bicyclic) bond motifs is 3. The summed E-state index contributed by atoms with van der Waals surface area (Å²) < 4.78 is 2.95. The van der Waals surface area contributed by atoms with Crippen LogP contribution in [0.5, 0.6) is 0 Å². The Kier molecular flexibility index (Phi) is 4.99. The Hall–Kier alpha value is -2.08. The largest absolute Gasteiger partial charge is 0.337 e. The fourth-order valence-corrected chi connectivity index (χ4v) is 4.30. The van der Waals surface area contributed by atoms with E-state index in [-0.39, 0.29) is 25.2 Å². The van der Waals surface area contributed by atoms with Gasteiger partial charge in [0, 0.05) is 25.7 Å². The number of aryl methyl sites for hydroxylation is 1. The third-order valence-corrected chi connectivity index (χ3v) is 5.53. The summed E-state index contributed by atoms with van der Waals surface area (Å²) in [5, 5.41) is 3.15. The van der Waals surface area contributed by atoms with Crippen molar-refractivity contribution in [2.75, 3.05) is 19.6 Å². The first-order valence-corrected chi connectivity index (χ1v) is 8.92. The molecule has 1 amide bonds. The molecule has 134 valence electrons.